The maximum absolute atomic E-state index is 11.8. The number of carbonyl (C=O) groups is 1. The summed E-state index contributed by atoms with van der Waals surface area (Å²) < 4.78 is 0. The molecule has 6 heteroatoms. The second kappa shape index (κ2) is 4.73. The van der Waals surface area contributed by atoms with Crippen molar-refractivity contribution in [3.8, 4) is 0 Å². The van der Waals surface area contributed by atoms with Crippen LogP contribution in [0.1, 0.15) is 11.1 Å². The molecule has 96 valence electrons. The van der Waals surface area contributed by atoms with Gasteiger partial charge in [0.25, 0.3) is 5.69 Å². The van der Waals surface area contributed by atoms with Crippen molar-refractivity contribution in [2.45, 2.75) is 19.4 Å². The lowest BCUT2D eigenvalue weighted by Gasteiger charge is -2.36. The van der Waals surface area contributed by atoms with Crippen LogP contribution in [-0.2, 0) is 11.2 Å². The first kappa shape index (κ1) is 12.5. The molecule has 1 N–H and O–H groups in total. The van der Waals surface area contributed by atoms with E-state index in [0.29, 0.717) is 24.2 Å². The molecule has 0 aliphatic carbocycles. The van der Waals surface area contributed by atoms with Crippen molar-refractivity contribution >= 4 is 11.6 Å². The number of carbonyl (C=O) groups excluding carboxylic acids is 1. The number of β-amino-alcohol motifs (C(OH)–C–C–N with tert-alkyl or cyclic N) is 1. The highest BCUT2D eigenvalue weighted by atomic mass is 16.6. The van der Waals surface area contributed by atoms with Crippen LogP contribution in [0.15, 0.2) is 18.2 Å². The lowest BCUT2D eigenvalue weighted by atomic mass is 10.0. The number of nitrogens with zero attached hydrogens (tertiary/aromatic N) is 2. The summed E-state index contributed by atoms with van der Waals surface area (Å²) in [5, 5.41) is 19.9. The molecular formula is C12H14N2O4. The van der Waals surface area contributed by atoms with Gasteiger partial charge in [-0.05, 0) is 12.5 Å². The predicted octanol–water partition coefficient (Wildman–Crippen LogP) is 0.649. The molecule has 0 atom stereocenters. The summed E-state index contributed by atoms with van der Waals surface area (Å²) in [5.74, 6) is -0.108. The van der Waals surface area contributed by atoms with Crippen LogP contribution in [0.3, 0.4) is 0 Å². The first-order valence-electron chi connectivity index (χ1n) is 5.67. The Morgan fingerprint density at radius 2 is 2.22 bits per heavy atom. The van der Waals surface area contributed by atoms with Crippen LogP contribution in [-0.4, -0.2) is 40.0 Å². The summed E-state index contributed by atoms with van der Waals surface area (Å²) in [6.45, 7) is 2.35. The molecule has 1 aromatic carbocycles. The van der Waals surface area contributed by atoms with Crippen molar-refractivity contribution < 1.29 is 14.8 Å². The normalized spacial score (nSPS) is 15.3. The number of rotatable bonds is 3. The number of aliphatic hydroxyl groups is 1. The van der Waals surface area contributed by atoms with Gasteiger partial charge in [-0.15, -0.1) is 0 Å². The highest BCUT2D eigenvalue weighted by Crippen LogP contribution is 2.22. The van der Waals surface area contributed by atoms with E-state index in [1.54, 1.807) is 24.0 Å². The minimum atomic E-state index is -0.448. The summed E-state index contributed by atoms with van der Waals surface area (Å²) >= 11 is 0. The Hall–Kier alpha value is -1.95. The van der Waals surface area contributed by atoms with Gasteiger partial charge in [0.1, 0.15) is 0 Å². The molecule has 0 spiro atoms. The summed E-state index contributed by atoms with van der Waals surface area (Å²) in [6.07, 6.45) is -0.291. The van der Waals surface area contributed by atoms with Crippen molar-refractivity contribution in [3.05, 3.63) is 39.4 Å². The van der Waals surface area contributed by atoms with E-state index in [1.807, 2.05) is 0 Å². The fourth-order valence-electron chi connectivity index (χ4n) is 1.99. The molecular weight excluding hydrogens is 236 g/mol. The largest absolute Gasteiger partial charge is 0.389 e. The van der Waals surface area contributed by atoms with Gasteiger partial charge in [-0.1, -0.05) is 12.1 Å². The van der Waals surface area contributed by atoms with Gasteiger partial charge >= 0.3 is 0 Å². The third-order valence-electron chi connectivity index (χ3n) is 3.17. The molecule has 18 heavy (non-hydrogen) atoms. The number of nitro groups is 1. The molecule has 6 nitrogen and oxygen atoms in total. The zero-order valence-corrected chi connectivity index (χ0v) is 10.00. The van der Waals surface area contributed by atoms with Crippen molar-refractivity contribution in [1.29, 1.82) is 0 Å². The molecule has 1 aliphatic rings. The van der Waals surface area contributed by atoms with Gasteiger partial charge in [0, 0.05) is 24.7 Å². The van der Waals surface area contributed by atoms with Gasteiger partial charge in [0.05, 0.1) is 17.4 Å². The molecule has 1 fully saturated rings. The van der Waals surface area contributed by atoms with Gasteiger partial charge in [0.2, 0.25) is 5.91 Å². The number of nitro benzene ring substituents is 1. The van der Waals surface area contributed by atoms with Crippen LogP contribution >= 0.6 is 0 Å². The van der Waals surface area contributed by atoms with E-state index in [4.69, 9.17) is 5.11 Å². The van der Waals surface area contributed by atoms with Crippen LogP contribution in [0, 0.1) is 17.0 Å². The molecule has 1 amide bonds. The zero-order valence-electron chi connectivity index (χ0n) is 10.00. The predicted molar refractivity (Wildman–Crippen MR) is 64.1 cm³/mol. The highest BCUT2D eigenvalue weighted by molar-refractivity contribution is 5.80. The zero-order chi connectivity index (χ0) is 13.3. The van der Waals surface area contributed by atoms with Crippen molar-refractivity contribution in [2.24, 2.45) is 0 Å². The van der Waals surface area contributed by atoms with Crippen LogP contribution in [0.2, 0.25) is 0 Å². The van der Waals surface area contributed by atoms with E-state index in [0.717, 1.165) is 0 Å². The van der Waals surface area contributed by atoms with E-state index in [9.17, 15) is 14.9 Å². The summed E-state index contributed by atoms with van der Waals surface area (Å²) in [7, 11) is 0. The number of amides is 1. The lowest BCUT2D eigenvalue weighted by Crippen LogP contribution is -2.54. The Balaban J connectivity index is 2.12. The lowest BCUT2D eigenvalue weighted by molar-refractivity contribution is -0.385. The van der Waals surface area contributed by atoms with Crippen LogP contribution in [0.25, 0.3) is 0 Å². The van der Waals surface area contributed by atoms with Crippen molar-refractivity contribution in [1.82, 2.24) is 4.90 Å². The first-order valence-corrected chi connectivity index (χ1v) is 5.67. The Bertz CT molecular complexity index is 495. The monoisotopic (exact) mass is 250 g/mol. The van der Waals surface area contributed by atoms with E-state index >= 15 is 0 Å². The van der Waals surface area contributed by atoms with E-state index in [-0.39, 0.29) is 18.0 Å². The first-order chi connectivity index (χ1) is 8.49. The third-order valence-corrected chi connectivity index (χ3v) is 3.17. The number of hydrogen-bond acceptors (Lipinski definition) is 4. The van der Waals surface area contributed by atoms with E-state index in [2.05, 4.69) is 0 Å². The Morgan fingerprint density at radius 3 is 2.78 bits per heavy atom. The van der Waals surface area contributed by atoms with Crippen molar-refractivity contribution in [2.75, 3.05) is 13.1 Å². The van der Waals surface area contributed by atoms with E-state index < -0.39 is 11.0 Å². The van der Waals surface area contributed by atoms with Gasteiger partial charge in [0.15, 0.2) is 0 Å². The average Bonchev–Trinajstić information content (AvgIpc) is 2.27. The Morgan fingerprint density at radius 1 is 1.56 bits per heavy atom. The van der Waals surface area contributed by atoms with Gasteiger partial charge in [-0.3, -0.25) is 14.9 Å². The SMILES string of the molecule is Cc1c(CC(=O)N2CC(O)C2)cccc1[N+](=O)[O-]. The fourth-order valence-corrected chi connectivity index (χ4v) is 1.99. The third kappa shape index (κ3) is 2.33. The molecule has 1 saturated heterocycles. The van der Waals surface area contributed by atoms with Crippen LogP contribution < -0.4 is 0 Å². The number of hydrogen-bond donors (Lipinski definition) is 1. The molecule has 2 rings (SSSR count). The number of aliphatic hydroxyl groups excluding tert-OH is 1. The Kier molecular flexibility index (Phi) is 3.29. The molecule has 1 heterocycles. The molecule has 0 bridgehead atoms. The summed E-state index contributed by atoms with van der Waals surface area (Å²) in [6, 6.07) is 4.73. The van der Waals surface area contributed by atoms with E-state index in [1.165, 1.54) is 6.07 Å². The molecule has 0 radical (unpaired) electrons. The summed E-state index contributed by atoms with van der Waals surface area (Å²) in [4.78, 5) is 23.7. The molecule has 0 aromatic heterocycles. The van der Waals surface area contributed by atoms with Gasteiger partial charge in [-0.2, -0.15) is 0 Å². The number of likely N-dealkylation sites (tertiary alicyclic amines) is 1. The molecule has 1 aromatic rings. The molecule has 0 unspecified atom stereocenters. The van der Waals surface area contributed by atoms with Gasteiger partial charge in [-0.25, -0.2) is 0 Å². The van der Waals surface area contributed by atoms with Crippen LogP contribution in [0.4, 0.5) is 5.69 Å². The highest BCUT2D eigenvalue weighted by Gasteiger charge is 2.29. The quantitative estimate of drug-likeness (QED) is 0.630. The second-order valence-electron chi connectivity index (χ2n) is 4.45. The molecule has 0 saturated carbocycles. The average molecular weight is 250 g/mol. The minimum absolute atomic E-state index is 0.0314. The molecule has 1 aliphatic heterocycles. The smallest absolute Gasteiger partial charge is 0.272 e. The minimum Gasteiger partial charge on any atom is -0.389 e. The van der Waals surface area contributed by atoms with Crippen molar-refractivity contribution in [3.63, 3.8) is 0 Å². The maximum atomic E-state index is 11.8. The topological polar surface area (TPSA) is 83.7 Å². The Labute approximate surface area is 104 Å². The van der Waals surface area contributed by atoms with Crippen LogP contribution in [0.5, 0.6) is 0 Å². The number of benzene rings is 1. The van der Waals surface area contributed by atoms with Gasteiger partial charge < -0.3 is 10.0 Å². The summed E-state index contributed by atoms with van der Waals surface area (Å²) in [5.41, 5.74) is 1.22. The standard InChI is InChI=1S/C12H14N2O4/c1-8-9(3-2-4-11(8)14(17)18)5-12(16)13-6-10(15)7-13/h2-4,10,15H,5-7H2,1H3. The second-order valence-corrected chi connectivity index (χ2v) is 4.45. The fraction of sp³-hybridized carbons (Fsp3) is 0.417. The maximum Gasteiger partial charge on any atom is 0.272 e.